The molecule has 0 spiro atoms. The van der Waals surface area contributed by atoms with Crippen LogP contribution in [0, 0.1) is 0 Å². The van der Waals surface area contributed by atoms with E-state index in [1.165, 1.54) is 38.5 Å². The van der Waals surface area contributed by atoms with E-state index >= 15 is 0 Å². The third kappa shape index (κ3) is 11.8. The fraction of sp³-hybridized carbons (Fsp3) is 1.00. The van der Waals surface area contributed by atoms with Crippen LogP contribution in [0.1, 0.15) is 59.3 Å². The summed E-state index contributed by atoms with van der Waals surface area (Å²) in [6.07, 6.45) is 8.76. The van der Waals surface area contributed by atoms with Gasteiger partial charge in [-0.15, -0.1) is 0 Å². The molecule has 0 saturated carbocycles. The maximum absolute atomic E-state index is 2.94. The summed E-state index contributed by atoms with van der Waals surface area (Å²) in [6, 6.07) is 0. The summed E-state index contributed by atoms with van der Waals surface area (Å²) in [5.74, 6) is 1.81. The molecule has 0 aromatic carbocycles. The molecule has 0 fully saturated rings. The zero-order valence-electron chi connectivity index (χ0n) is 12.2. The second-order valence-electron chi connectivity index (χ2n) is 5.12. The van der Waals surface area contributed by atoms with Crippen molar-refractivity contribution in [1.82, 2.24) is 0 Å². The van der Waals surface area contributed by atoms with Crippen molar-refractivity contribution in [1.29, 1.82) is 0 Å². The van der Waals surface area contributed by atoms with Crippen molar-refractivity contribution in [2.45, 2.75) is 77.5 Å². The maximum atomic E-state index is 2.94. The molecule has 0 aliphatic rings. The normalized spacial score (nSPS) is 10.9. The molecule has 16 heavy (non-hydrogen) atoms. The van der Waals surface area contributed by atoms with E-state index in [2.05, 4.69) is 41.6 Å². The Kier molecular flexibility index (Phi) is 17.6. The Morgan fingerprint density at radius 2 is 0.938 bits per heavy atom. The summed E-state index contributed by atoms with van der Waals surface area (Å²) in [4.78, 5) is 2.72. The zero-order valence-corrected chi connectivity index (χ0v) is 16.7. The minimum atomic E-state index is -1.56. The first-order chi connectivity index (χ1) is 7.68. The monoisotopic (exact) mass is 400 g/mol. The number of hydrogen-bond donors (Lipinski definition) is 0. The first-order valence-corrected chi connectivity index (χ1v) is 17.6. The molecule has 0 nitrogen and oxygen atoms in total. The van der Waals surface area contributed by atoms with E-state index in [9.17, 15) is 0 Å². The molecule has 0 unspecified atom stereocenters. The Hall–Kier alpha value is 1.28. The van der Waals surface area contributed by atoms with E-state index in [0.29, 0.717) is 0 Å². The molecule has 0 radical (unpaired) electrons. The fourth-order valence-corrected chi connectivity index (χ4v) is 14.7. The molecule has 100 valence electrons. The summed E-state index contributed by atoms with van der Waals surface area (Å²) in [5.41, 5.74) is 0. The minimum absolute atomic E-state index is 1.41. The van der Waals surface area contributed by atoms with Crippen molar-refractivity contribution >= 4 is 34.3 Å². The van der Waals surface area contributed by atoms with Crippen molar-refractivity contribution in [3.8, 4) is 0 Å². The Balaban J connectivity index is 0. The van der Waals surface area contributed by atoms with Crippen molar-refractivity contribution in [2.75, 3.05) is 5.83 Å². The first kappa shape index (κ1) is 19.6. The third-order valence-electron chi connectivity index (χ3n) is 3.40. The zero-order chi connectivity index (χ0) is 12.9. The molecule has 0 heterocycles. The van der Waals surface area contributed by atoms with Crippen molar-refractivity contribution < 1.29 is 0 Å². The van der Waals surface area contributed by atoms with Crippen LogP contribution in [0.15, 0.2) is 0 Å². The number of halogens is 1. The average molecular weight is 400 g/mol. The third-order valence-corrected chi connectivity index (χ3v) is 16.8. The van der Waals surface area contributed by atoms with Crippen LogP contribution < -0.4 is 0 Å². The topological polar surface area (TPSA) is 0 Å². The van der Waals surface area contributed by atoms with E-state index in [-0.39, 0.29) is 0 Å². The van der Waals surface area contributed by atoms with Crippen molar-refractivity contribution in [2.24, 2.45) is 0 Å². The molecule has 0 atom stereocenters. The van der Waals surface area contributed by atoms with Crippen LogP contribution in [0.5, 0.6) is 0 Å². The molecule has 0 N–H and O–H groups in total. The van der Waals surface area contributed by atoms with Gasteiger partial charge in [-0.3, -0.25) is 0 Å². The van der Waals surface area contributed by atoms with E-state index in [1.54, 1.807) is 13.3 Å². The van der Waals surface area contributed by atoms with Gasteiger partial charge in [0.05, 0.1) is 0 Å². The molecule has 0 rings (SSSR count). The SMILES string of the molecule is CBr.CCC[CH2][Sn]([CH3])([CH2]CCC)[CH2]CCC. The van der Waals surface area contributed by atoms with Crippen molar-refractivity contribution in [3.63, 3.8) is 0 Å². The summed E-state index contributed by atoms with van der Waals surface area (Å²) >= 11 is 1.37. The van der Waals surface area contributed by atoms with Gasteiger partial charge in [0, 0.05) is 0 Å². The standard InChI is InChI=1S/3C4H9.CH3Br.CH3.Sn/c3*1-3-4-2;1-2;;/h3*1,3-4H2,2H3;1H3;1H3;. The van der Waals surface area contributed by atoms with Gasteiger partial charge in [-0.25, -0.2) is 0 Å². The van der Waals surface area contributed by atoms with Gasteiger partial charge in [-0.1, -0.05) is 15.9 Å². The molecule has 0 aliphatic carbocycles. The number of hydrogen-bond acceptors (Lipinski definition) is 0. The molecule has 2 heteroatoms. The molecule has 0 aliphatic heterocycles. The Morgan fingerprint density at radius 1 is 0.688 bits per heavy atom. The predicted octanol–water partition coefficient (Wildman–Crippen LogP) is 6.48. The Labute approximate surface area is 117 Å². The van der Waals surface area contributed by atoms with Gasteiger partial charge in [-0.2, -0.15) is 0 Å². The quantitative estimate of drug-likeness (QED) is 0.307. The second-order valence-corrected chi connectivity index (χ2v) is 19.7. The number of rotatable bonds is 9. The van der Waals surface area contributed by atoms with E-state index in [0.717, 1.165) is 0 Å². The van der Waals surface area contributed by atoms with Gasteiger partial charge in [0.1, 0.15) is 0 Å². The van der Waals surface area contributed by atoms with Gasteiger partial charge in [-0.05, 0) is 5.83 Å². The molecule has 0 aromatic rings. The predicted molar refractivity (Wildman–Crippen MR) is 85.6 cm³/mol. The fourth-order valence-electron chi connectivity index (χ4n) is 2.19. The van der Waals surface area contributed by atoms with Gasteiger partial charge >= 0.3 is 95.9 Å². The second kappa shape index (κ2) is 14.3. The van der Waals surface area contributed by atoms with Gasteiger partial charge in [0.15, 0.2) is 0 Å². The first-order valence-electron chi connectivity index (χ1n) is 7.06. The summed E-state index contributed by atoms with van der Waals surface area (Å²) in [7, 11) is 0. The van der Waals surface area contributed by atoms with Gasteiger partial charge in [0.2, 0.25) is 0 Å². The summed E-state index contributed by atoms with van der Waals surface area (Å²) in [6.45, 7) is 7.02. The Bertz CT molecular complexity index is 104. The molecule has 0 amide bonds. The van der Waals surface area contributed by atoms with Crippen LogP contribution >= 0.6 is 15.9 Å². The molecule has 0 aromatic heterocycles. The summed E-state index contributed by atoms with van der Waals surface area (Å²) in [5, 5.41) is 0. The van der Waals surface area contributed by atoms with Crippen LogP contribution in [0.3, 0.4) is 0 Å². The van der Waals surface area contributed by atoms with E-state index in [1.807, 2.05) is 5.83 Å². The van der Waals surface area contributed by atoms with E-state index < -0.39 is 18.4 Å². The molecular formula is C14H33BrSn. The molecular weight excluding hydrogens is 367 g/mol. The van der Waals surface area contributed by atoms with E-state index in [4.69, 9.17) is 0 Å². The number of unbranched alkanes of at least 4 members (excludes halogenated alkanes) is 3. The average Bonchev–Trinajstić information content (AvgIpc) is 2.34. The van der Waals surface area contributed by atoms with Crippen LogP contribution in [-0.4, -0.2) is 24.2 Å². The van der Waals surface area contributed by atoms with Crippen LogP contribution in [0.2, 0.25) is 18.2 Å². The Morgan fingerprint density at radius 3 is 1.12 bits per heavy atom. The van der Waals surface area contributed by atoms with Crippen LogP contribution in [0.25, 0.3) is 0 Å². The number of alkyl halides is 1. The van der Waals surface area contributed by atoms with Crippen LogP contribution in [0.4, 0.5) is 0 Å². The summed E-state index contributed by atoms with van der Waals surface area (Å²) < 4.78 is 4.97. The molecule has 0 saturated heterocycles. The van der Waals surface area contributed by atoms with Crippen molar-refractivity contribution in [3.05, 3.63) is 0 Å². The van der Waals surface area contributed by atoms with Gasteiger partial charge in [0.25, 0.3) is 0 Å². The van der Waals surface area contributed by atoms with Gasteiger partial charge < -0.3 is 0 Å². The molecule has 0 bridgehead atoms. The van der Waals surface area contributed by atoms with Crippen LogP contribution in [-0.2, 0) is 0 Å².